The van der Waals surface area contributed by atoms with Crippen molar-refractivity contribution in [1.29, 1.82) is 0 Å². The number of amides is 1. The summed E-state index contributed by atoms with van der Waals surface area (Å²) < 4.78 is 0.273. The first kappa shape index (κ1) is 17.1. The van der Waals surface area contributed by atoms with Crippen LogP contribution in [0.2, 0.25) is 0 Å². The lowest BCUT2D eigenvalue weighted by atomic mass is 9.96. The van der Waals surface area contributed by atoms with Crippen molar-refractivity contribution in [1.82, 2.24) is 5.32 Å². The standard InChI is InChI=1S/C13H15BrN2O5/c1-7(2)9(13(18)19)6-15-12(17)8-3-4-10(14)11(5-8)16(20)21/h3-5,7,9H,6H2,1-2H3,(H,15,17)(H,18,19). The van der Waals surface area contributed by atoms with Gasteiger partial charge in [-0.2, -0.15) is 0 Å². The Kier molecular flexibility index (Phi) is 5.83. The van der Waals surface area contributed by atoms with Gasteiger partial charge >= 0.3 is 5.97 Å². The molecular formula is C13H15BrN2O5. The van der Waals surface area contributed by atoms with E-state index in [4.69, 9.17) is 5.11 Å². The van der Waals surface area contributed by atoms with Crippen molar-refractivity contribution < 1.29 is 19.6 Å². The van der Waals surface area contributed by atoms with Crippen LogP contribution >= 0.6 is 15.9 Å². The van der Waals surface area contributed by atoms with Crippen molar-refractivity contribution in [3.63, 3.8) is 0 Å². The van der Waals surface area contributed by atoms with Crippen molar-refractivity contribution in [2.24, 2.45) is 11.8 Å². The molecule has 1 aromatic rings. The average Bonchev–Trinajstić information content (AvgIpc) is 2.37. The maximum atomic E-state index is 11.9. The van der Waals surface area contributed by atoms with Crippen molar-refractivity contribution in [2.75, 3.05) is 6.54 Å². The molecule has 0 bridgehead atoms. The number of carboxylic acids is 1. The molecule has 0 fully saturated rings. The Hall–Kier alpha value is -1.96. The molecule has 2 N–H and O–H groups in total. The second-order valence-electron chi connectivity index (χ2n) is 4.82. The Morgan fingerprint density at radius 1 is 1.43 bits per heavy atom. The van der Waals surface area contributed by atoms with Crippen LogP contribution in [0, 0.1) is 22.0 Å². The number of carboxylic acid groups (broad SMARTS) is 1. The predicted molar refractivity (Wildman–Crippen MR) is 79.1 cm³/mol. The molecule has 21 heavy (non-hydrogen) atoms. The highest BCUT2D eigenvalue weighted by Crippen LogP contribution is 2.25. The monoisotopic (exact) mass is 358 g/mol. The molecule has 0 heterocycles. The second kappa shape index (κ2) is 7.16. The minimum absolute atomic E-state index is 0.0320. The number of nitro groups is 1. The summed E-state index contributed by atoms with van der Waals surface area (Å²) in [6, 6.07) is 3.98. The van der Waals surface area contributed by atoms with Crippen molar-refractivity contribution >= 4 is 33.5 Å². The largest absolute Gasteiger partial charge is 0.481 e. The summed E-state index contributed by atoms with van der Waals surface area (Å²) in [6.07, 6.45) is 0. The highest BCUT2D eigenvalue weighted by atomic mass is 79.9. The number of benzene rings is 1. The molecule has 0 aliphatic rings. The minimum atomic E-state index is -0.993. The Balaban J connectivity index is 2.83. The van der Waals surface area contributed by atoms with Gasteiger partial charge in [-0.25, -0.2) is 0 Å². The van der Waals surface area contributed by atoms with Gasteiger partial charge < -0.3 is 10.4 Å². The number of halogens is 1. The molecular weight excluding hydrogens is 344 g/mol. The van der Waals surface area contributed by atoms with Gasteiger partial charge in [0, 0.05) is 18.2 Å². The van der Waals surface area contributed by atoms with Crippen molar-refractivity contribution in [3.8, 4) is 0 Å². The van der Waals surface area contributed by atoms with Crippen LogP contribution in [0.5, 0.6) is 0 Å². The fraction of sp³-hybridized carbons (Fsp3) is 0.385. The highest BCUT2D eigenvalue weighted by Gasteiger charge is 2.23. The zero-order valence-corrected chi connectivity index (χ0v) is 13.1. The molecule has 114 valence electrons. The molecule has 0 saturated heterocycles. The third-order valence-corrected chi connectivity index (χ3v) is 3.68. The lowest BCUT2D eigenvalue weighted by Gasteiger charge is -2.16. The Bertz CT molecular complexity index is 574. The van der Waals surface area contributed by atoms with E-state index in [1.54, 1.807) is 13.8 Å². The van der Waals surface area contributed by atoms with Crippen LogP contribution in [0.15, 0.2) is 22.7 Å². The van der Waals surface area contributed by atoms with Gasteiger partial charge in [0.25, 0.3) is 11.6 Å². The first-order chi connectivity index (χ1) is 9.73. The van der Waals surface area contributed by atoms with Crippen molar-refractivity contribution in [2.45, 2.75) is 13.8 Å². The minimum Gasteiger partial charge on any atom is -0.481 e. The number of hydrogen-bond acceptors (Lipinski definition) is 4. The van der Waals surface area contributed by atoms with Crippen LogP contribution in [0.3, 0.4) is 0 Å². The summed E-state index contributed by atoms with van der Waals surface area (Å²) in [4.78, 5) is 33.2. The average molecular weight is 359 g/mol. The first-order valence-corrected chi connectivity index (χ1v) is 6.98. The first-order valence-electron chi connectivity index (χ1n) is 6.19. The van der Waals surface area contributed by atoms with E-state index >= 15 is 0 Å². The Morgan fingerprint density at radius 2 is 2.05 bits per heavy atom. The molecule has 0 radical (unpaired) electrons. The Labute approximate surface area is 129 Å². The van der Waals surface area contributed by atoms with E-state index < -0.39 is 22.7 Å². The summed E-state index contributed by atoms with van der Waals surface area (Å²) in [6.45, 7) is 3.46. The maximum Gasteiger partial charge on any atom is 0.308 e. The normalized spacial score (nSPS) is 12.0. The SMILES string of the molecule is CC(C)C(CNC(=O)c1ccc(Br)c([N+](=O)[O-])c1)C(=O)O. The third-order valence-electron chi connectivity index (χ3n) is 3.01. The predicted octanol–water partition coefficient (Wildman–Crippen LogP) is 2.44. The lowest BCUT2D eigenvalue weighted by molar-refractivity contribution is -0.385. The summed E-state index contributed by atoms with van der Waals surface area (Å²) in [5.41, 5.74) is -0.112. The number of nitrogens with zero attached hydrogens (tertiary/aromatic N) is 1. The molecule has 1 atom stereocenters. The van der Waals surface area contributed by atoms with Gasteiger partial charge in [-0.1, -0.05) is 13.8 Å². The van der Waals surface area contributed by atoms with Gasteiger partial charge in [0.2, 0.25) is 0 Å². The van der Waals surface area contributed by atoms with Crippen LogP contribution in [-0.2, 0) is 4.79 Å². The molecule has 1 unspecified atom stereocenters. The van der Waals surface area contributed by atoms with Crippen LogP contribution in [0.4, 0.5) is 5.69 Å². The zero-order chi connectivity index (χ0) is 16.2. The second-order valence-corrected chi connectivity index (χ2v) is 5.68. The van der Waals surface area contributed by atoms with Gasteiger partial charge in [0.1, 0.15) is 0 Å². The van der Waals surface area contributed by atoms with E-state index in [1.165, 1.54) is 12.1 Å². The Morgan fingerprint density at radius 3 is 2.52 bits per heavy atom. The molecule has 1 rings (SSSR count). The summed E-state index contributed by atoms with van der Waals surface area (Å²) in [5, 5.41) is 22.3. The fourth-order valence-electron chi connectivity index (χ4n) is 1.71. The number of nitro benzene ring substituents is 1. The van der Waals surface area contributed by atoms with Gasteiger partial charge in [0.05, 0.1) is 15.3 Å². The molecule has 0 saturated carbocycles. The molecule has 0 spiro atoms. The van der Waals surface area contributed by atoms with Gasteiger partial charge in [-0.3, -0.25) is 19.7 Å². The van der Waals surface area contributed by atoms with Gasteiger partial charge in [-0.05, 0) is 34.0 Å². The maximum absolute atomic E-state index is 11.9. The number of carbonyl (C=O) groups excluding carboxylic acids is 1. The number of carbonyl (C=O) groups is 2. The zero-order valence-electron chi connectivity index (χ0n) is 11.5. The summed E-state index contributed by atoms with van der Waals surface area (Å²) in [5.74, 6) is -2.38. The number of hydrogen-bond donors (Lipinski definition) is 2. The van der Waals surface area contributed by atoms with Gasteiger partial charge in [0.15, 0.2) is 0 Å². The molecule has 7 nitrogen and oxygen atoms in total. The van der Waals surface area contributed by atoms with Crippen LogP contribution in [-0.4, -0.2) is 28.5 Å². The fourth-order valence-corrected chi connectivity index (χ4v) is 2.10. The van der Waals surface area contributed by atoms with Crippen LogP contribution in [0.1, 0.15) is 24.2 Å². The van der Waals surface area contributed by atoms with E-state index in [1.807, 2.05) is 0 Å². The molecule has 8 heteroatoms. The van der Waals surface area contributed by atoms with E-state index in [0.29, 0.717) is 0 Å². The quantitative estimate of drug-likeness (QED) is 0.599. The highest BCUT2D eigenvalue weighted by molar-refractivity contribution is 9.10. The molecule has 0 aliphatic carbocycles. The number of rotatable bonds is 6. The van der Waals surface area contributed by atoms with Crippen LogP contribution < -0.4 is 5.32 Å². The van der Waals surface area contributed by atoms with E-state index in [0.717, 1.165) is 6.07 Å². The van der Waals surface area contributed by atoms with E-state index in [2.05, 4.69) is 21.2 Å². The molecule has 1 amide bonds. The molecule has 0 aromatic heterocycles. The van der Waals surface area contributed by atoms with Crippen molar-refractivity contribution in [3.05, 3.63) is 38.3 Å². The number of nitrogens with one attached hydrogen (secondary N) is 1. The van der Waals surface area contributed by atoms with Crippen LogP contribution in [0.25, 0.3) is 0 Å². The van der Waals surface area contributed by atoms with Gasteiger partial charge in [-0.15, -0.1) is 0 Å². The molecule has 0 aliphatic heterocycles. The summed E-state index contributed by atoms with van der Waals surface area (Å²) >= 11 is 3.03. The van der Waals surface area contributed by atoms with E-state index in [-0.39, 0.29) is 28.2 Å². The lowest BCUT2D eigenvalue weighted by Crippen LogP contribution is -2.35. The number of aliphatic carboxylic acids is 1. The third kappa shape index (κ3) is 4.52. The smallest absolute Gasteiger partial charge is 0.308 e. The van der Waals surface area contributed by atoms with E-state index in [9.17, 15) is 19.7 Å². The molecule has 1 aromatic carbocycles. The summed E-state index contributed by atoms with van der Waals surface area (Å²) in [7, 11) is 0. The topological polar surface area (TPSA) is 110 Å².